The molecule has 16 heavy (non-hydrogen) atoms. The molecule has 90 valence electrons. The highest BCUT2D eigenvalue weighted by Gasteiger charge is 2.13. The Labute approximate surface area is 98.8 Å². The molecule has 0 aromatic heterocycles. The lowest BCUT2D eigenvalue weighted by molar-refractivity contribution is 0.208. The average molecular weight is 266 g/mol. The Hall–Kier alpha value is -0.820. The fraction of sp³-hybridized carbons (Fsp3) is 0.333. The van der Waals surface area contributed by atoms with Crippen LogP contribution in [0, 0.1) is 0 Å². The molecule has 0 saturated carbocycles. The molecule has 0 radical (unpaired) electrons. The van der Waals surface area contributed by atoms with E-state index in [9.17, 15) is 13.5 Å². The van der Waals surface area contributed by atoms with Gasteiger partial charge in [0, 0.05) is 6.54 Å². The van der Waals surface area contributed by atoms with Crippen molar-refractivity contribution >= 4 is 27.4 Å². The molecule has 0 aliphatic carbocycles. The van der Waals surface area contributed by atoms with E-state index in [1.165, 1.54) is 0 Å². The van der Waals surface area contributed by atoms with Gasteiger partial charge in [0.05, 0.1) is 16.8 Å². The van der Waals surface area contributed by atoms with E-state index >= 15 is 0 Å². The summed E-state index contributed by atoms with van der Waals surface area (Å²) in [6.07, 6.45) is -1.19. The molecule has 5 nitrogen and oxygen atoms in total. The van der Waals surface area contributed by atoms with Crippen molar-refractivity contribution in [1.82, 2.24) is 0 Å². The minimum atomic E-state index is -4.16. The van der Waals surface area contributed by atoms with Gasteiger partial charge in [0.15, 0.2) is 0 Å². The summed E-state index contributed by atoms with van der Waals surface area (Å²) in [7, 11) is -4.16. The van der Waals surface area contributed by atoms with Gasteiger partial charge < -0.3 is 10.4 Å². The third-order valence-corrected chi connectivity index (χ3v) is 2.94. The second-order valence-corrected chi connectivity index (χ2v) is 5.17. The van der Waals surface area contributed by atoms with Gasteiger partial charge in [-0.05, 0) is 12.1 Å². The average Bonchev–Trinajstić information content (AvgIpc) is 2.14. The lowest BCUT2D eigenvalue weighted by Crippen LogP contribution is -2.27. The first-order valence-corrected chi connectivity index (χ1v) is 6.49. The minimum absolute atomic E-state index is 0.0104. The maximum atomic E-state index is 10.5. The lowest BCUT2D eigenvalue weighted by Gasteiger charge is -2.12. The molecule has 0 spiro atoms. The van der Waals surface area contributed by atoms with Crippen LogP contribution in [0.2, 0.25) is 5.02 Å². The number of aliphatic hydroxyl groups is 1. The van der Waals surface area contributed by atoms with E-state index < -0.39 is 22.0 Å². The fourth-order valence-corrected chi connectivity index (χ4v) is 1.94. The number of anilines is 1. The van der Waals surface area contributed by atoms with Crippen LogP contribution >= 0.6 is 11.6 Å². The molecule has 1 rings (SSSR count). The number of benzene rings is 1. The monoisotopic (exact) mass is 265 g/mol. The summed E-state index contributed by atoms with van der Waals surface area (Å²) in [4.78, 5) is 0. The molecular weight excluding hydrogens is 254 g/mol. The van der Waals surface area contributed by atoms with Crippen molar-refractivity contribution in [3.63, 3.8) is 0 Å². The van der Waals surface area contributed by atoms with Gasteiger partial charge in [0.25, 0.3) is 10.1 Å². The molecule has 0 bridgehead atoms. The predicted molar refractivity (Wildman–Crippen MR) is 62.4 cm³/mol. The first-order chi connectivity index (χ1) is 7.38. The highest BCUT2D eigenvalue weighted by atomic mass is 35.5. The second kappa shape index (κ2) is 5.49. The van der Waals surface area contributed by atoms with Crippen LogP contribution in [0.15, 0.2) is 24.3 Å². The second-order valence-electron chi connectivity index (χ2n) is 3.26. The predicted octanol–water partition coefficient (Wildman–Crippen LogP) is 1.00. The van der Waals surface area contributed by atoms with Gasteiger partial charge >= 0.3 is 0 Å². The minimum Gasteiger partial charge on any atom is -0.390 e. The van der Waals surface area contributed by atoms with Crippen molar-refractivity contribution in [1.29, 1.82) is 0 Å². The number of hydrogen-bond acceptors (Lipinski definition) is 4. The Kier molecular flexibility index (Phi) is 4.55. The highest BCUT2D eigenvalue weighted by molar-refractivity contribution is 7.85. The topological polar surface area (TPSA) is 86.6 Å². The van der Waals surface area contributed by atoms with Crippen molar-refractivity contribution in [2.24, 2.45) is 0 Å². The molecule has 0 heterocycles. The standard InChI is InChI=1S/C9H12ClNO4S/c10-8-3-1-2-4-9(8)11-5-7(12)6-16(13,14)15/h1-4,7,11-12H,5-6H2,(H,13,14,15). The molecule has 1 aromatic carbocycles. The molecule has 1 aromatic rings. The maximum Gasteiger partial charge on any atom is 0.267 e. The van der Waals surface area contributed by atoms with Gasteiger partial charge in [-0.3, -0.25) is 4.55 Å². The van der Waals surface area contributed by atoms with E-state index in [1.807, 2.05) is 0 Å². The normalized spacial score (nSPS) is 13.4. The zero-order valence-corrected chi connectivity index (χ0v) is 9.87. The van der Waals surface area contributed by atoms with Gasteiger partial charge in [0.1, 0.15) is 5.75 Å². The third-order valence-electron chi connectivity index (χ3n) is 1.80. The molecule has 0 fully saturated rings. The van der Waals surface area contributed by atoms with Gasteiger partial charge in [-0.2, -0.15) is 8.42 Å². The Morgan fingerprint density at radius 3 is 2.56 bits per heavy atom. The largest absolute Gasteiger partial charge is 0.390 e. The quantitative estimate of drug-likeness (QED) is 0.692. The Bertz CT molecular complexity index is 449. The number of rotatable bonds is 5. The van der Waals surface area contributed by atoms with E-state index in [4.69, 9.17) is 16.2 Å². The summed E-state index contributed by atoms with van der Waals surface area (Å²) >= 11 is 5.83. The SMILES string of the molecule is O=S(=O)(O)CC(O)CNc1ccccc1Cl. The molecule has 1 unspecified atom stereocenters. The van der Waals surface area contributed by atoms with E-state index in [0.29, 0.717) is 10.7 Å². The van der Waals surface area contributed by atoms with Crippen molar-refractivity contribution in [3.8, 4) is 0 Å². The van der Waals surface area contributed by atoms with Crippen LogP contribution < -0.4 is 5.32 Å². The Morgan fingerprint density at radius 2 is 2.00 bits per heavy atom. The van der Waals surface area contributed by atoms with Gasteiger partial charge in [-0.15, -0.1) is 0 Å². The molecule has 0 saturated heterocycles. The number of halogens is 1. The van der Waals surface area contributed by atoms with E-state index in [-0.39, 0.29) is 6.54 Å². The maximum absolute atomic E-state index is 10.5. The summed E-state index contributed by atoms with van der Waals surface area (Å²) in [5, 5.41) is 12.5. The summed E-state index contributed by atoms with van der Waals surface area (Å²) in [6, 6.07) is 6.87. The van der Waals surface area contributed by atoms with E-state index in [1.54, 1.807) is 24.3 Å². The molecule has 0 aliphatic rings. The smallest absolute Gasteiger partial charge is 0.267 e. The lowest BCUT2D eigenvalue weighted by atomic mass is 10.3. The molecule has 0 aliphatic heterocycles. The molecular formula is C9H12ClNO4S. The van der Waals surface area contributed by atoms with Crippen LogP contribution in [0.1, 0.15) is 0 Å². The van der Waals surface area contributed by atoms with Crippen LogP contribution in [-0.2, 0) is 10.1 Å². The molecule has 0 amide bonds. The Balaban J connectivity index is 2.49. The van der Waals surface area contributed by atoms with Crippen molar-refractivity contribution < 1.29 is 18.1 Å². The Morgan fingerprint density at radius 1 is 1.38 bits per heavy atom. The van der Waals surface area contributed by atoms with Crippen LogP contribution in [-0.4, -0.2) is 36.5 Å². The first-order valence-electron chi connectivity index (χ1n) is 4.50. The first kappa shape index (κ1) is 13.2. The van der Waals surface area contributed by atoms with Crippen LogP contribution in [0.25, 0.3) is 0 Å². The molecule has 3 N–H and O–H groups in total. The van der Waals surface area contributed by atoms with Crippen molar-refractivity contribution in [2.75, 3.05) is 17.6 Å². The zero-order valence-electron chi connectivity index (χ0n) is 8.30. The van der Waals surface area contributed by atoms with E-state index in [0.717, 1.165) is 0 Å². The number of aliphatic hydroxyl groups excluding tert-OH is 1. The number of hydrogen-bond donors (Lipinski definition) is 3. The van der Waals surface area contributed by atoms with Crippen LogP contribution in [0.5, 0.6) is 0 Å². The summed E-state index contributed by atoms with van der Waals surface area (Å²) < 4.78 is 29.4. The zero-order chi connectivity index (χ0) is 12.2. The number of para-hydroxylation sites is 1. The summed E-state index contributed by atoms with van der Waals surface area (Å²) in [5.41, 5.74) is 0.596. The van der Waals surface area contributed by atoms with Crippen LogP contribution in [0.4, 0.5) is 5.69 Å². The van der Waals surface area contributed by atoms with Crippen molar-refractivity contribution in [2.45, 2.75) is 6.10 Å². The van der Waals surface area contributed by atoms with Gasteiger partial charge in [0.2, 0.25) is 0 Å². The summed E-state index contributed by atoms with van der Waals surface area (Å²) in [6.45, 7) is -0.0104. The van der Waals surface area contributed by atoms with E-state index in [2.05, 4.69) is 5.32 Å². The van der Waals surface area contributed by atoms with Crippen molar-refractivity contribution in [3.05, 3.63) is 29.3 Å². The third kappa shape index (κ3) is 4.80. The fourth-order valence-electron chi connectivity index (χ4n) is 1.13. The molecule has 7 heteroatoms. The van der Waals surface area contributed by atoms with Gasteiger partial charge in [-0.25, -0.2) is 0 Å². The highest BCUT2D eigenvalue weighted by Crippen LogP contribution is 2.20. The molecule has 1 atom stereocenters. The van der Waals surface area contributed by atoms with Gasteiger partial charge in [-0.1, -0.05) is 23.7 Å². The number of nitrogens with one attached hydrogen (secondary N) is 1. The summed E-state index contributed by atoms with van der Waals surface area (Å²) in [5.74, 6) is -0.704. The van der Waals surface area contributed by atoms with Crippen LogP contribution in [0.3, 0.4) is 0 Å².